The lowest BCUT2D eigenvalue weighted by atomic mass is 9.97. The van der Waals surface area contributed by atoms with E-state index in [2.05, 4.69) is 11.4 Å². The van der Waals surface area contributed by atoms with Gasteiger partial charge in [-0.1, -0.05) is 11.6 Å². The fourth-order valence-corrected chi connectivity index (χ4v) is 3.04. The molecule has 1 N–H and O–H groups in total. The molecule has 0 saturated carbocycles. The number of sulfone groups is 1. The molecule has 0 atom stereocenters. The van der Waals surface area contributed by atoms with Crippen LogP contribution < -0.4 is 5.32 Å². The lowest BCUT2D eigenvalue weighted by molar-refractivity contribution is 0.555. The fourth-order valence-electron chi connectivity index (χ4n) is 2.02. The van der Waals surface area contributed by atoms with Gasteiger partial charge in [0.25, 0.3) is 0 Å². The van der Waals surface area contributed by atoms with Crippen LogP contribution in [0.3, 0.4) is 0 Å². The Labute approximate surface area is 112 Å². The molecule has 0 aromatic heterocycles. The van der Waals surface area contributed by atoms with Crippen LogP contribution in [0.2, 0.25) is 0 Å². The first-order valence-corrected chi connectivity index (χ1v) is 8.59. The number of nitrogens with one attached hydrogen (secondary N) is 1. The average molecular weight is 273 g/mol. The lowest BCUT2D eigenvalue weighted by Crippen LogP contribution is -2.35. The summed E-state index contributed by atoms with van der Waals surface area (Å²) >= 11 is 0. The van der Waals surface area contributed by atoms with Gasteiger partial charge in [-0.05, 0) is 59.4 Å². The van der Waals surface area contributed by atoms with Gasteiger partial charge in [-0.3, -0.25) is 0 Å². The van der Waals surface area contributed by atoms with Gasteiger partial charge in [0.05, 0.1) is 10.5 Å². The molecule has 0 fully saturated rings. The van der Waals surface area contributed by atoms with Crippen LogP contribution >= 0.6 is 0 Å². The molecule has 0 unspecified atom stereocenters. The van der Waals surface area contributed by atoms with Gasteiger partial charge in [0, 0.05) is 6.54 Å². The van der Waals surface area contributed by atoms with Gasteiger partial charge in [-0.15, -0.1) is 0 Å². The fraction of sp³-hybridized carbons (Fsp3) is 0.857. The van der Waals surface area contributed by atoms with Gasteiger partial charge >= 0.3 is 0 Å². The molecule has 0 bridgehead atoms. The maximum absolute atomic E-state index is 11.9. The molecule has 1 aliphatic rings. The van der Waals surface area contributed by atoms with Crippen molar-refractivity contribution in [3.8, 4) is 0 Å². The molecular formula is C14H27NO2S. The van der Waals surface area contributed by atoms with Crippen LogP contribution in [0.5, 0.6) is 0 Å². The Morgan fingerprint density at radius 1 is 1.22 bits per heavy atom. The van der Waals surface area contributed by atoms with Crippen molar-refractivity contribution in [1.82, 2.24) is 5.32 Å². The van der Waals surface area contributed by atoms with Gasteiger partial charge in [-0.2, -0.15) is 0 Å². The summed E-state index contributed by atoms with van der Waals surface area (Å²) in [6, 6.07) is 0. The molecule has 18 heavy (non-hydrogen) atoms. The molecule has 0 radical (unpaired) electrons. The number of hydrogen-bond donors (Lipinski definition) is 1. The van der Waals surface area contributed by atoms with E-state index in [0.29, 0.717) is 6.54 Å². The maximum Gasteiger partial charge on any atom is 0.156 e. The third kappa shape index (κ3) is 5.11. The van der Waals surface area contributed by atoms with E-state index < -0.39 is 14.6 Å². The van der Waals surface area contributed by atoms with Crippen molar-refractivity contribution in [3.63, 3.8) is 0 Å². The molecule has 0 heterocycles. The highest BCUT2D eigenvalue weighted by molar-refractivity contribution is 7.92. The predicted octanol–water partition coefficient (Wildman–Crippen LogP) is 2.68. The van der Waals surface area contributed by atoms with Crippen molar-refractivity contribution in [3.05, 3.63) is 11.6 Å². The molecular weight excluding hydrogens is 246 g/mol. The number of allylic oxidation sites excluding steroid dienone is 1. The smallest absolute Gasteiger partial charge is 0.156 e. The Morgan fingerprint density at radius 3 is 2.50 bits per heavy atom. The van der Waals surface area contributed by atoms with Crippen molar-refractivity contribution in [2.45, 2.75) is 57.6 Å². The van der Waals surface area contributed by atoms with Gasteiger partial charge in [0.1, 0.15) is 0 Å². The summed E-state index contributed by atoms with van der Waals surface area (Å²) in [5.41, 5.74) is 1.53. The molecule has 0 saturated heterocycles. The molecule has 0 spiro atoms. The largest absolute Gasteiger partial charge is 0.315 e. The molecule has 1 aliphatic carbocycles. The van der Waals surface area contributed by atoms with Gasteiger partial charge < -0.3 is 5.32 Å². The monoisotopic (exact) mass is 273 g/mol. The molecule has 0 amide bonds. The maximum atomic E-state index is 11.9. The summed E-state index contributed by atoms with van der Waals surface area (Å²) in [5.74, 6) is 0.232. The highest BCUT2D eigenvalue weighted by Gasteiger charge is 2.27. The van der Waals surface area contributed by atoms with Crippen molar-refractivity contribution in [1.29, 1.82) is 0 Å². The van der Waals surface area contributed by atoms with E-state index in [1.54, 1.807) is 20.8 Å². The topological polar surface area (TPSA) is 46.2 Å². The summed E-state index contributed by atoms with van der Waals surface area (Å²) in [6.07, 6.45) is 8.48. The minimum Gasteiger partial charge on any atom is -0.315 e. The Hall–Kier alpha value is -0.350. The molecule has 0 aliphatic heterocycles. The van der Waals surface area contributed by atoms with Crippen molar-refractivity contribution >= 4 is 9.84 Å². The second kappa shape index (κ2) is 6.71. The average Bonchev–Trinajstić information content (AvgIpc) is 2.28. The standard InChI is InChI=1S/C14H27NO2S/c1-14(2,3)18(16,17)12-11-15-10-9-13-7-5-4-6-8-13/h7,15H,4-6,8-12H2,1-3H3. The van der Waals surface area contributed by atoms with Gasteiger partial charge in [-0.25, -0.2) is 8.42 Å². The molecule has 0 aromatic carbocycles. The second-order valence-electron chi connectivity index (χ2n) is 6.04. The number of hydrogen-bond acceptors (Lipinski definition) is 3. The van der Waals surface area contributed by atoms with Crippen LogP contribution in [0.1, 0.15) is 52.9 Å². The zero-order chi connectivity index (χ0) is 13.6. The minimum absolute atomic E-state index is 0.232. The summed E-state index contributed by atoms with van der Waals surface area (Å²) in [4.78, 5) is 0. The molecule has 106 valence electrons. The third-order valence-electron chi connectivity index (χ3n) is 3.49. The molecule has 3 nitrogen and oxygen atoms in total. The van der Waals surface area contributed by atoms with E-state index in [-0.39, 0.29) is 5.75 Å². The Balaban J connectivity index is 2.17. The van der Waals surface area contributed by atoms with Crippen molar-refractivity contribution in [2.24, 2.45) is 0 Å². The van der Waals surface area contributed by atoms with Gasteiger partial charge in [0.15, 0.2) is 9.84 Å². The molecule has 1 rings (SSSR count). The van der Waals surface area contributed by atoms with Crippen LogP contribution in [0.4, 0.5) is 0 Å². The van der Waals surface area contributed by atoms with Crippen LogP contribution in [0, 0.1) is 0 Å². The Bertz CT molecular complexity index is 377. The first kappa shape index (κ1) is 15.7. The van der Waals surface area contributed by atoms with Crippen LogP contribution in [0.25, 0.3) is 0 Å². The minimum atomic E-state index is -2.98. The summed E-state index contributed by atoms with van der Waals surface area (Å²) in [6.45, 7) is 6.73. The quantitative estimate of drug-likeness (QED) is 0.598. The highest BCUT2D eigenvalue weighted by atomic mass is 32.2. The Morgan fingerprint density at radius 2 is 1.94 bits per heavy atom. The van der Waals surface area contributed by atoms with E-state index in [0.717, 1.165) is 13.0 Å². The van der Waals surface area contributed by atoms with Gasteiger partial charge in [0.2, 0.25) is 0 Å². The van der Waals surface area contributed by atoms with Crippen LogP contribution in [-0.4, -0.2) is 32.0 Å². The van der Waals surface area contributed by atoms with E-state index in [1.807, 2.05) is 0 Å². The highest BCUT2D eigenvalue weighted by Crippen LogP contribution is 2.19. The lowest BCUT2D eigenvalue weighted by Gasteiger charge is -2.19. The third-order valence-corrected chi connectivity index (χ3v) is 6.10. The summed E-state index contributed by atoms with van der Waals surface area (Å²) < 4.78 is 23.1. The van der Waals surface area contributed by atoms with Crippen molar-refractivity contribution < 1.29 is 8.42 Å². The second-order valence-corrected chi connectivity index (χ2v) is 8.90. The Kier molecular flexibility index (Phi) is 5.86. The van der Waals surface area contributed by atoms with Crippen molar-refractivity contribution in [2.75, 3.05) is 18.8 Å². The number of rotatable bonds is 6. The van der Waals surface area contributed by atoms with E-state index >= 15 is 0 Å². The molecule has 4 heteroatoms. The first-order chi connectivity index (χ1) is 8.33. The van der Waals surface area contributed by atoms with Crippen LogP contribution in [0.15, 0.2) is 11.6 Å². The normalized spacial score (nSPS) is 17.6. The van der Waals surface area contributed by atoms with E-state index in [1.165, 1.54) is 31.3 Å². The van der Waals surface area contributed by atoms with E-state index in [9.17, 15) is 8.42 Å². The summed E-state index contributed by atoms with van der Waals surface area (Å²) in [5, 5.41) is 3.24. The zero-order valence-electron chi connectivity index (χ0n) is 12.0. The zero-order valence-corrected chi connectivity index (χ0v) is 12.8. The summed E-state index contributed by atoms with van der Waals surface area (Å²) in [7, 11) is -2.98. The van der Waals surface area contributed by atoms with Crippen LogP contribution in [-0.2, 0) is 9.84 Å². The predicted molar refractivity (Wildman–Crippen MR) is 77.6 cm³/mol. The van der Waals surface area contributed by atoms with E-state index in [4.69, 9.17) is 0 Å². The first-order valence-electron chi connectivity index (χ1n) is 6.94. The molecule has 0 aromatic rings. The SMILES string of the molecule is CC(C)(C)S(=O)(=O)CCNCCC1=CCCCC1.